The Kier molecular flexibility index (Phi) is 5.33. The molecule has 2 heterocycles. The number of amides is 4. The van der Waals surface area contributed by atoms with E-state index < -0.39 is 23.4 Å². The average molecular weight is 454 g/mol. The first-order chi connectivity index (χ1) is 16.4. The fraction of sp³-hybridized carbons (Fsp3) is 0.154. The van der Waals surface area contributed by atoms with Gasteiger partial charge in [0.1, 0.15) is 11.9 Å². The molecule has 1 fully saturated rings. The van der Waals surface area contributed by atoms with Crippen molar-refractivity contribution in [2.24, 2.45) is 0 Å². The number of carbonyl (C=O) groups excluding carboxylic acids is 3. The molecule has 0 saturated carbocycles. The summed E-state index contributed by atoms with van der Waals surface area (Å²) in [6, 6.07) is 23.7. The molecular weight excluding hydrogens is 430 g/mol. The molecule has 0 aliphatic carbocycles. The van der Waals surface area contributed by atoms with Crippen LogP contribution in [0.15, 0.2) is 85.2 Å². The number of hydrazine groups is 1. The summed E-state index contributed by atoms with van der Waals surface area (Å²) in [6.07, 6.45) is 2.76. The van der Waals surface area contributed by atoms with Gasteiger partial charge in [0.15, 0.2) is 0 Å². The number of carbonyl (C=O) groups is 3. The Bertz CT molecular complexity index is 1380. The fourth-order valence-corrected chi connectivity index (χ4v) is 4.10. The zero-order chi connectivity index (χ0) is 23.7. The molecule has 1 aliphatic heterocycles. The summed E-state index contributed by atoms with van der Waals surface area (Å²) in [7, 11) is 0. The van der Waals surface area contributed by atoms with Crippen LogP contribution in [0.25, 0.3) is 16.7 Å². The van der Waals surface area contributed by atoms with E-state index >= 15 is 0 Å². The minimum atomic E-state index is -1.09. The lowest BCUT2D eigenvalue weighted by Crippen LogP contribution is -2.48. The molecule has 5 rings (SSSR count). The molecule has 3 aromatic carbocycles. The summed E-state index contributed by atoms with van der Waals surface area (Å²) in [4.78, 5) is 42.6. The van der Waals surface area contributed by atoms with Gasteiger partial charge in [0.2, 0.25) is 0 Å². The molecule has 8 heteroatoms. The van der Waals surface area contributed by atoms with Crippen LogP contribution in [0.1, 0.15) is 29.3 Å². The number of para-hydroxylation sites is 2. The van der Waals surface area contributed by atoms with E-state index in [-0.39, 0.29) is 0 Å². The van der Waals surface area contributed by atoms with E-state index in [1.807, 2.05) is 59.2 Å². The number of hydrogen-bond donors (Lipinski definition) is 2. The van der Waals surface area contributed by atoms with Crippen LogP contribution < -0.4 is 10.7 Å². The van der Waals surface area contributed by atoms with E-state index in [0.29, 0.717) is 18.4 Å². The molecule has 0 bridgehead atoms. The van der Waals surface area contributed by atoms with E-state index in [1.54, 1.807) is 37.5 Å². The van der Waals surface area contributed by atoms with Gasteiger partial charge in [0.25, 0.3) is 11.8 Å². The summed E-state index contributed by atoms with van der Waals surface area (Å²) >= 11 is 0. The molecule has 1 aromatic heterocycles. The summed E-state index contributed by atoms with van der Waals surface area (Å²) in [5.74, 6) is -1.03. The quantitative estimate of drug-likeness (QED) is 0.436. The number of nitrogens with one attached hydrogen (secondary N) is 2. The molecule has 1 aliphatic rings. The number of benzene rings is 3. The third-order valence-corrected chi connectivity index (χ3v) is 6.09. The fourth-order valence-electron chi connectivity index (χ4n) is 4.10. The highest BCUT2D eigenvalue weighted by Crippen LogP contribution is 2.23. The van der Waals surface area contributed by atoms with Crippen molar-refractivity contribution in [1.29, 1.82) is 0 Å². The van der Waals surface area contributed by atoms with Crippen LogP contribution >= 0.6 is 0 Å². The van der Waals surface area contributed by atoms with Crippen molar-refractivity contribution in [3.63, 3.8) is 0 Å². The number of nitrogens with zero attached hydrogens (tertiary/aromatic N) is 3. The summed E-state index contributed by atoms with van der Waals surface area (Å²) < 4.78 is 1.92. The topological polar surface area (TPSA) is 96.3 Å². The maximum Gasteiger partial charge on any atom is 0.344 e. The summed E-state index contributed by atoms with van der Waals surface area (Å²) in [6.45, 7) is 1.67. The molecule has 170 valence electrons. The molecule has 2 N–H and O–H groups in total. The zero-order valence-electron chi connectivity index (χ0n) is 18.6. The lowest BCUT2D eigenvalue weighted by Gasteiger charge is -2.21. The van der Waals surface area contributed by atoms with Crippen LogP contribution in [0.5, 0.6) is 0 Å². The van der Waals surface area contributed by atoms with Gasteiger partial charge in [-0.05, 0) is 61.7 Å². The predicted octanol–water partition coefficient (Wildman–Crippen LogP) is 3.61. The number of imidazole rings is 1. The molecule has 4 amide bonds. The van der Waals surface area contributed by atoms with Gasteiger partial charge in [-0.15, -0.1) is 0 Å². The molecule has 0 radical (unpaired) electrons. The maximum atomic E-state index is 13.0. The summed E-state index contributed by atoms with van der Waals surface area (Å²) in [5.41, 5.74) is 5.42. The average Bonchev–Trinajstić information content (AvgIpc) is 3.38. The van der Waals surface area contributed by atoms with Crippen molar-refractivity contribution in [2.45, 2.75) is 25.3 Å². The van der Waals surface area contributed by atoms with Crippen LogP contribution in [-0.2, 0) is 11.2 Å². The Morgan fingerprint density at radius 1 is 0.971 bits per heavy atom. The van der Waals surface area contributed by atoms with Gasteiger partial charge < -0.3 is 5.32 Å². The first-order valence-electron chi connectivity index (χ1n) is 11.0. The normalized spacial score (nSPS) is 17.7. The second-order valence-corrected chi connectivity index (χ2v) is 8.48. The standard InChI is InChI=1S/C26H23N5O3/c1-26(16-15-18-7-3-2-4-8-18)24(33)31(25(34)28-26)29-23(32)19-11-13-20(14-12-19)30-17-27-21-9-5-6-10-22(21)30/h2-14,17H,15-16H2,1H3,(H,28,34)(H,29,32)/t26-/m1/s1. The Morgan fingerprint density at radius 3 is 2.44 bits per heavy atom. The molecule has 0 unspecified atom stereocenters. The number of aryl methyl sites for hydroxylation is 1. The molecule has 4 aromatic rings. The maximum absolute atomic E-state index is 13.0. The zero-order valence-corrected chi connectivity index (χ0v) is 18.6. The van der Waals surface area contributed by atoms with Gasteiger partial charge in [-0.2, -0.15) is 5.01 Å². The molecule has 8 nitrogen and oxygen atoms in total. The number of urea groups is 1. The lowest BCUT2D eigenvalue weighted by molar-refractivity contribution is -0.132. The van der Waals surface area contributed by atoms with E-state index in [9.17, 15) is 14.4 Å². The Balaban J connectivity index is 1.27. The van der Waals surface area contributed by atoms with Gasteiger partial charge in [0, 0.05) is 11.3 Å². The van der Waals surface area contributed by atoms with E-state index in [0.717, 1.165) is 27.3 Å². The number of hydrogen-bond acceptors (Lipinski definition) is 4. The monoisotopic (exact) mass is 453 g/mol. The van der Waals surface area contributed by atoms with Crippen molar-refractivity contribution in [3.8, 4) is 5.69 Å². The number of imide groups is 1. The number of aromatic nitrogens is 2. The van der Waals surface area contributed by atoms with Gasteiger partial charge >= 0.3 is 6.03 Å². The van der Waals surface area contributed by atoms with E-state index in [4.69, 9.17) is 0 Å². The smallest absolute Gasteiger partial charge is 0.322 e. The highest BCUT2D eigenvalue weighted by Gasteiger charge is 2.48. The minimum absolute atomic E-state index is 0.326. The van der Waals surface area contributed by atoms with Crippen LogP contribution in [0.3, 0.4) is 0 Å². The highest BCUT2D eigenvalue weighted by atomic mass is 16.2. The molecule has 1 saturated heterocycles. The van der Waals surface area contributed by atoms with Crippen molar-refractivity contribution in [1.82, 2.24) is 25.3 Å². The Labute approximate surface area is 196 Å². The molecule has 1 atom stereocenters. The third kappa shape index (κ3) is 3.90. The van der Waals surface area contributed by atoms with Crippen molar-refractivity contribution < 1.29 is 14.4 Å². The van der Waals surface area contributed by atoms with E-state index in [2.05, 4.69) is 15.7 Å². The Hall–Kier alpha value is -4.46. The van der Waals surface area contributed by atoms with Crippen molar-refractivity contribution in [2.75, 3.05) is 0 Å². The third-order valence-electron chi connectivity index (χ3n) is 6.09. The van der Waals surface area contributed by atoms with Crippen LogP contribution in [0, 0.1) is 0 Å². The number of fused-ring (bicyclic) bond motifs is 1. The van der Waals surface area contributed by atoms with Gasteiger partial charge in [0.05, 0.1) is 11.0 Å². The second-order valence-electron chi connectivity index (χ2n) is 8.48. The predicted molar refractivity (Wildman–Crippen MR) is 127 cm³/mol. The largest absolute Gasteiger partial charge is 0.344 e. The second kappa shape index (κ2) is 8.47. The van der Waals surface area contributed by atoms with Gasteiger partial charge in [-0.3, -0.25) is 19.6 Å². The first kappa shape index (κ1) is 21.4. The first-order valence-corrected chi connectivity index (χ1v) is 11.0. The summed E-state index contributed by atoms with van der Waals surface area (Å²) in [5, 5.41) is 3.48. The lowest BCUT2D eigenvalue weighted by atomic mass is 9.93. The van der Waals surface area contributed by atoms with Gasteiger partial charge in [-0.25, -0.2) is 9.78 Å². The SMILES string of the molecule is C[C@]1(CCc2ccccc2)NC(=O)N(NC(=O)c2ccc(-n3cnc4ccccc43)cc2)C1=O. The van der Waals surface area contributed by atoms with Crippen molar-refractivity contribution in [3.05, 3.63) is 96.3 Å². The Morgan fingerprint density at radius 2 is 1.68 bits per heavy atom. The molecular formula is C26H23N5O3. The van der Waals surface area contributed by atoms with E-state index in [1.165, 1.54) is 0 Å². The van der Waals surface area contributed by atoms with Crippen LogP contribution in [-0.4, -0.2) is 37.9 Å². The van der Waals surface area contributed by atoms with Crippen LogP contribution in [0.4, 0.5) is 4.79 Å². The highest BCUT2D eigenvalue weighted by molar-refractivity contribution is 6.09. The minimum Gasteiger partial charge on any atom is -0.322 e. The number of rotatable bonds is 6. The van der Waals surface area contributed by atoms with Crippen LogP contribution in [0.2, 0.25) is 0 Å². The van der Waals surface area contributed by atoms with Crippen molar-refractivity contribution >= 4 is 28.9 Å². The molecule has 0 spiro atoms. The van der Waals surface area contributed by atoms with Gasteiger partial charge in [-0.1, -0.05) is 42.5 Å². The molecule has 34 heavy (non-hydrogen) atoms.